The largest absolute Gasteiger partial charge is 0.305 e. The summed E-state index contributed by atoms with van der Waals surface area (Å²) in [5, 5.41) is 15.5. The van der Waals surface area contributed by atoms with Crippen molar-refractivity contribution in [1.29, 1.82) is 0 Å². The first kappa shape index (κ1) is 17.7. The summed E-state index contributed by atoms with van der Waals surface area (Å²) in [6.45, 7) is 3.78. The maximum atomic E-state index is 12.9. The van der Waals surface area contributed by atoms with E-state index in [-0.39, 0.29) is 5.91 Å². The first-order valence-electron chi connectivity index (χ1n) is 9.68. The van der Waals surface area contributed by atoms with Crippen molar-refractivity contribution < 1.29 is 4.79 Å². The normalized spacial score (nSPS) is 15.4. The van der Waals surface area contributed by atoms with Gasteiger partial charge < -0.3 is 5.32 Å². The molecule has 1 aliphatic carbocycles. The molecule has 1 amide bonds. The average molecular weight is 366 g/mol. The van der Waals surface area contributed by atoms with Gasteiger partial charge >= 0.3 is 0 Å². The van der Waals surface area contributed by atoms with Crippen LogP contribution in [0.25, 0.3) is 11.0 Å². The lowest BCUT2D eigenvalue weighted by Crippen LogP contribution is -2.13. The molecule has 142 valence electrons. The van der Waals surface area contributed by atoms with Crippen LogP contribution in [0.2, 0.25) is 0 Å². The monoisotopic (exact) mass is 366 g/mol. The topological polar surface area (TPSA) is 88.5 Å². The molecule has 7 heteroatoms. The lowest BCUT2D eigenvalue weighted by molar-refractivity contribution is 0.102. The number of hydrogen-bond donors (Lipinski definition) is 2. The van der Waals surface area contributed by atoms with Crippen LogP contribution in [0, 0.1) is 19.8 Å². The van der Waals surface area contributed by atoms with E-state index >= 15 is 0 Å². The van der Waals surface area contributed by atoms with Crippen LogP contribution in [0.3, 0.4) is 0 Å². The quantitative estimate of drug-likeness (QED) is 0.737. The molecule has 3 aromatic rings. The Morgan fingerprint density at radius 1 is 1.26 bits per heavy atom. The van der Waals surface area contributed by atoms with Gasteiger partial charge in [-0.2, -0.15) is 10.2 Å². The highest BCUT2D eigenvalue weighted by atomic mass is 16.1. The molecular weight excluding hydrogens is 340 g/mol. The second-order valence-electron chi connectivity index (χ2n) is 7.66. The number of pyridine rings is 1. The molecule has 0 bridgehead atoms. The number of anilines is 1. The summed E-state index contributed by atoms with van der Waals surface area (Å²) in [5.74, 6) is 1.11. The van der Waals surface area contributed by atoms with Crippen LogP contribution in [0.4, 0.5) is 5.82 Å². The highest BCUT2D eigenvalue weighted by molar-refractivity contribution is 6.12. The molecule has 0 saturated heterocycles. The average Bonchev–Trinajstić information content (AvgIpc) is 3.19. The zero-order chi connectivity index (χ0) is 19.0. The van der Waals surface area contributed by atoms with Crippen molar-refractivity contribution in [2.24, 2.45) is 13.0 Å². The molecular formula is C20H26N6O. The van der Waals surface area contributed by atoms with Gasteiger partial charge in [0.05, 0.1) is 16.6 Å². The summed E-state index contributed by atoms with van der Waals surface area (Å²) in [7, 11) is 1.84. The van der Waals surface area contributed by atoms with E-state index in [9.17, 15) is 4.79 Å². The third-order valence-electron chi connectivity index (χ3n) is 5.45. The number of fused-ring (bicyclic) bond motifs is 1. The van der Waals surface area contributed by atoms with Gasteiger partial charge in [0.2, 0.25) is 0 Å². The van der Waals surface area contributed by atoms with E-state index in [0.29, 0.717) is 11.4 Å². The number of aromatic amines is 1. The summed E-state index contributed by atoms with van der Waals surface area (Å²) in [6.07, 6.45) is 7.58. The van der Waals surface area contributed by atoms with Crippen molar-refractivity contribution in [3.63, 3.8) is 0 Å². The number of nitrogens with one attached hydrogen (secondary N) is 2. The van der Waals surface area contributed by atoms with Crippen molar-refractivity contribution in [1.82, 2.24) is 25.0 Å². The standard InChI is InChI=1S/C20H26N6O/c1-12-9-16(18-13(2)25-26(3)19(18)21-12)20(27)22-17-11-15(23-24-17)10-14-7-5-4-6-8-14/h9,11,14H,4-8,10H2,1-3H3,(H2,22,23,24,27). The Morgan fingerprint density at radius 3 is 2.81 bits per heavy atom. The lowest BCUT2D eigenvalue weighted by atomic mass is 9.86. The van der Waals surface area contributed by atoms with E-state index in [1.165, 1.54) is 32.1 Å². The Bertz CT molecular complexity index is 980. The summed E-state index contributed by atoms with van der Waals surface area (Å²) in [6, 6.07) is 3.76. The van der Waals surface area contributed by atoms with E-state index in [4.69, 9.17) is 0 Å². The number of nitrogens with zero attached hydrogens (tertiary/aromatic N) is 4. The Labute approximate surface area is 158 Å². The van der Waals surface area contributed by atoms with Gasteiger partial charge in [-0.3, -0.25) is 14.6 Å². The van der Waals surface area contributed by atoms with Crippen LogP contribution in [0.1, 0.15) is 59.5 Å². The molecule has 2 N–H and O–H groups in total. The Morgan fingerprint density at radius 2 is 2.04 bits per heavy atom. The zero-order valence-corrected chi connectivity index (χ0v) is 16.2. The molecule has 3 heterocycles. The number of carbonyl (C=O) groups excluding carboxylic acids is 1. The fourth-order valence-electron chi connectivity index (χ4n) is 4.17. The molecule has 0 aliphatic heterocycles. The van der Waals surface area contributed by atoms with Crippen LogP contribution in [0.5, 0.6) is 0 Å². The molecule has 3 aromatic heterocycles. The third-order valence-corrected chi connectivity index (χ3v) is 5.45. The number of H-pyrrole nitrogens is 1. The molecule has 0 atom stereocenters. The Kier molecular flexibility index (Phi) is 4.68. The highest BCUT2D eigenvalue weighted by Crippen LogP contribution is 2.27. The predicted octanol–water partition coefficient (Wildman–Crippen LogP) is 3.68. The minimum absolute atomic E-state index is 0.183. The number of hydrogen-bond acceptors (Lipinski definition) is 4. The van der Waals surface area contributed by atoms with E-state index in [1.54, 1.807) is 4.68 Å². The van der Waals surface area contributed by atoms with Gasteiger partial charge in [-0.1, -0.05) is 32.1 Å². The smallest absolute Gasteiger partial charge is 0.257 e. The number of carbonyl (C=O) groups is 1. The number of aryl methyl sites for hydroxylation is 3. The van der Waals surface area contributed by atoms with Gasteiger partial charge in [0.25, 0.3) is 5.91 Å². The minimum atomic E-state index is -0.183. The molecule has 1 aliphatic rings. The zero-order valence-electron chi connectivity index (χ0n) is 16.2. The maximum Gasteiger partial charge on any atom is 0.257 e. The molecule has 1 saturated carbocycles. The molecule has 0 unspecified atom stereocenters. The number of rotatable bonds is 4. The van der Waals surface area contributed by atoms with E-state index < -0.39 is 0 Å². The predicted molar refractivity (Wildman–Crippen MR) is 105 cm³/mol. The first-order valence-corrected chi connectivity index (χ1v) is 9.68. The van der Waals surface area contributed by atoms with Gasteiger partial charge in [0.15, 0.2) is 11.5 Å². The van der Waals surface area contributed by atoms with Crippen molar-refractivity contribution in [3.05, 3.63) is 34.8 Å². The van der Waals surface area contributed by atoms with Crippen LogP contribution in [0.15, 0.2) is 12.1 Å². The van der Waals surface area contributed by atoms with Crippen LogP contribution in [-0.4, -0.2) is 30.9 Å². The molecule has 0 radical (unpaired) electrons. The van der Waals surface area contributed by atoms with Gasteiger partial charge in [-0.25, -0.2) is 4.98 Å². The highest BCUT2D eigenvalue weighted by Gasteiger charge is 2.19. The Hall–Kier alpha value is -2.70. The van der Waals surface area contributed by atoms with Gasteiger partial charge in [-0.05, 0) is 32.3 Å². The van der Waals surface area contributed by atoms with E-state index in [1.807, 2.05) is 33.0 Å². The molecule has 1 fully saturated rings. The third kappa shape index (κ3) is 3.59. The molecule has 0 spiro atoms. The number of amides is 1. The SMILES string of the molecule is Cc1cc(C(=O)Nc2cc(CC3CCCCC3)[nH]n2)c2c(C)nn(C)c2n1. The summed E-state index contributed by atoms with van der Waals surface area (Å²) in [4.78, 5) is 17.4. The molecule has 7 nitrogen and oxygen atoms in total. The lowest BCUT2D eigenvalue weighted by Gasteiger charge is -2.20. The summed E-state index contributed by atoms with van der Waals surface area (Å²) in [5.41, 5.74) is 3.98. The number of aromatic nitrogens is 5. The molecule has 4 rings (SSSR count). The van der Waals surface area contributed by atoms with E-state index in [0.717, 1.165) is 40.5 Å². The summed E-state index contributed by atoms with van der Waals surface area (Å²) >= 11 is 0. The molecule has 27 heavy (non-hydrogen) atoms. The van der Waals surface area contributed by atoms with Crippen LogP contribution >= 0.6 is 0 Å². The summed E-state index contributed by atoms with van der Waals surface area (Å²) < 4.78 is 1.71. The van der Waals surface area contributed by atoms with Crippen molar-refractivity contribution in [2.45, 2.75) is 52.4 Å². The van der Waals surface area contributed by atoms with Crippen LogP contribution in [-0.2, 0) is 13.5 Å². The van der Waals surface area contributed by atoms with Crippen LogP contribution < -0.4 is 5.32 Å². The van der Waals surface area contributed by atoms with Crippen molar-refractivity contribution in [2.75, 3.05) is 5.32 Å². The van der Waals surface area contributed by atoms with Gasteiger partial charge in [-0.15, -0.1) is 0 Å². The first-order chi connectivity index (χ1) is 13.0. The van der Waals surface area contributed by atoms with Gasteiger partial charge in [0.1, 0.15) is 0 Å². The second-order valence-corrected chi connectivity index (χ2v) is 7.66. The second kappa shape index (κ2) is 7.13. The maximum absolute atomic E-state index is 12.9. The van der Waals surface area contributed by atoms with Crippen molar-refractivity contribution in [3.8, 4) is 0 Å². The van der Waals surface area contributed by atoms with Gasteiger partial charge in [0, 0.05) is 24.5 Å². The fraction of sp³-hybridized carbons (Fsp3) is 0.500. The Balaban J connectivity index is 1.54. The van der Waals surface area contributed by atoms with E-state index in [2.05, 4.69) is 25.6 Å². The fourth-order valence-corrected chi connectivity index (χ4v) is 4.17. The molecule has 0 aromatic carbocycles. The minimum Gasteiger partial charge on any atom is -0.305 e. The van der Waals surface area contributed by atoms with Crippen molar-refractivity contribution >= 4 is 22.8 Å².